The van der Waals surface area contributed by atoms with Gasteiger partial charge in [0.15, 0.2) is 0 Å². The topological polar surface area (TPSA) is 79.6 Å². The molecule has 5 heteroatoms. The van der Waals surface area contributed by atoms with Gasteiger partial charge in [0, 0.05) is 0 Å². The Kier molecular flexibility index (Phi) is 4.42. The van der Waals surface area contributed by atoms with Gasteiger partial charge in [-0.25, -0.2) is 0 Å². The van der Waals surface area contributed by atoms with Gasteiger partial charge in [0.05, 0.1) is 12.2 Å². The summed E-state index contributed by atoms with van der Waals surface area (Å²) in [5, 5.41) is 10.3. The van der Waals surface area contributed by atoms with E-state index in [9.17, 15) is 0 Å². The van der Waals surface area contributed by atoms with Crippen molar-refractivity contribution in [2.75, 3.05) is 0 Å². The fraction of sp³-hybridized carbons (Fsp3) is 0.750. The van der Waals surface area contributed by atoms with Crippen molar-refractivity contribution in [3.8, 4) is 0 Å². The molecular weight excluding hydrogens is 166 g/mol. The number of hydrazine groups is 1. The van der Waals surface area contributed by atoms with E-state index in [4.69, 9.17) is 5.84 Å². The van der Waals surface area contributed by atoms with Crippen LogP contribution in [-0.2, 0) is 0 Å². The molecule has 0 aliphatic carbocycles. The van der Waals surface area contributed by atoms with E-state index in [0.29, 0.717) is 0 Å². The summed E-state index contributed by atoms with van der Waals surface area (Å²) in [5.41, 5.74) is 3.63. The molecule has 0 aliphatic heterocycles. The molecule has 74 valence electrons. The van der Waals surface area contributed by atoms with Crippen LogP contribution in [0.3, 0.4) is 0 Å². The van der Waals surface area contributed by atoms with Crippen LogP contribution in [0.15, 0.2) is 6.20 Å². The van der Waals surface area contributed by atoms with E-state index in [1.165, 1.54) is 12.8 Å². The smallest absolute Gasteiger partial charge is 0.101 e. The van der Waals surface area contributed by atoms with Crippen LogP contribution >= 0.6 is 0 Å². The molecule has 4 N–H and O–H groups in total. The van der Waals surface area contributed by atoms with Gasteiger partial charge in [-0.3, -0.25) is 11.3 Å². The van der Waals surface area contributed by atoms with Crippen molar-refractivity contribution < 1.29 is 0 Å². The average molecular weight is 183 g/mol. The Morgan fingerprint density at radius 3 is 3.00 bits per heavy atom. The van der Waals surface area contributed by atoms with E-state index in [1.54, 1.807) is 6.20 Å². The first-order valence-electron chi connectivity index (χ1n) is 4.70. The molecule has 5 nitrogen and oxygen atoms in total. The van der Waals surface area contributed by atoms with Crippen LogP contribution in [-0.4, -0.2) is 15.4 Å². The second-order valence-electron chi connectivity index (χ2n) is 3.11. The van der Waals surface area contributed by atoms with E-state index < -0.39 is 0 Å². The highest BCUT2D eigenvalue weighted by atomic mass is 15.3. The number of hydrogen-bond donors (Lipinski definition) is 3. The van der Waals surface area contributed by atoms with Crippen LogP contribution in [0.25, 0.3) is 0 Å². The zero-order chi connectivity index (χ0) is 9.52. The highest BCUT2D eigenvalue weighted by Crippen LogP contribution is 2.15. The lowest BCUT2D eigenvalue weighted by Crippen LogP contribution is -2.28. The Labute approximate surface area is 78.1 Å². The monoisotopic (exact) mass is 183 g/mol. The molecule has 0 radical (unpaired) electrons. The maximum absolute atomic E-state index is 5.41. The predicted octanol–water partition coefficient (Wildman–Crippen LogP) is 0.889. The Morgan fingerprint density at radius 2 is 2.46 bits per heavy atom. The van der Waals surface area contributed by atoms with E-state index in [-0.39, 0.29) is 6.04 Å². The van der Waals surface area contributed by atoms with Gasteiger partial charge in [-0.05, 0) is 6.42 Å². The molecular formula is C8H17N5. The van der Waals surface area contributed by atoms with Crippen molar-refractivity contribution in [3.05, 3.63) is 11.9 Å². The fourth-order valence-corrected chi connectivity index (χ4v) is 1.29. The molecule has 0 fully saturated rings. The molecule has 1 aromatic rings. The first-order valence-corrected chi connectivity index (χ1v) is 4.70. The Hall–Kier alpha value is -0.940. The van der Waals surface area contributed by atoms with Gasteiger partial charge < -0.3 is 0 Å². The van der Waals surface area contributed by atoms with Crippen LogP contribution in [0.4, 0.5) is 0 Å². The van der Waals surface area contributed by atoms with Crippen molar-refractivity contribution in [1.29, 1.82) is 0 Å². The molecule has 1 heterocycles. The van der Waals surface area contributed by atoms with E-state index in [1.807, 2.05) is 0 Å². The zero-order valence-electron chi connectivity index (χ0n) is 7.95. The van der Waals surface area contributed by atoms with E-state index in [2.05, 4.69) is 27.8 Å². The predicted molar refractivity (Wildman–Crippen MR) is 50.6 cm³/mol. The number of unbranched alkanes of at least 4 members (excludes halogenated alkanes) is 2. The standard InChI is InChI=1S/C8H17N5/c1-2-3-4-5-7(11-9)8-6-10-13-12-8/h6-7,11H,2-5,9H2,1H3,(H,10,12,13). The molecule has 1 aromatic heterocycles. The average Bonchev–Trinajstić information content (AvgIpc) is 2.65. The molecule has 13 heavy (non-hydrogen) atoms. The number of nitrogens with one attached hydrogen (secondary N) is 2. The summed E-state index contributed by atoms with van der Waals surface area (Å²) in [5.74, 6) is 5.41. The number of aromatic amines is 1. The maximum Gasteiger partial charge on any atom is 0.101 e. The minimum absolute atomic E-state index is 0.130. The lowest BCUT2D eigenvalue weighted by Gasteiger charge is -2.11. The van der Waals surface area contributed by atoms with Gasteiger partial charge in [0.1, 0.15) is 5.69 Å². The van der Waals surface area contributed by atoms with E-state index >= 15 is 0 Å². The zero-order valence-corrected chi connectivity index (χ0v) is 7.95. The summed E-state index contributed by atoms with van der Waals surface area (Å²) in [7, 11) is 0. The quantitative estimate of drug-likeness (QED) is 0.347. The van der Waals surface area contributed by atoms with Crippen molar-refractivity contribution >= 4 is 0 Å². The van der Waals surface area contributed by atoms with Crippen LogP contribution in [0, 0.1) is 0 Å². The lowest BCUT2D eigenvalue weighted by molar-refractivity contribution is 0.476. The van der Waals surface area contributed by atoms with Crippen LogP contribution in [0.5, 0.6) is 0 Å². The number of nitrogens with zero attached hydrogens (tertiary/aromatic N) is 2. The minimum atomic E-state index is 0.130. The second kappa shape index (κ2) is 5.66. The summed E-state index contributed by atoms with van der Waals surface area (Å²) in [6, 6.07) is 0.130. The lowest BCUT2D eigenvalue weighted by atomic mass is 10.1. The Morgan fingerprint density at radius 1 is 1.62 bits per heavy atom. The highest BCUT2D eigenvalue weighted by Gasteiger charge is 2.10. The summed E-state index contributed by atoms with van der Waals surface area (Å²) in [4.78, 5) is 0. The third-order valence-corrected chi connectivity index (χ3v) is 2.09. The number of H-pyrrole nitrogens is 1. The molecule has 0 amide bonds. The van der Waals surface area contributed by atoms with Gasteiger partial charge in [-0.1, -0.05) is 26.2 Å². The number of rotatable bonds is 6. The van der Waals surface area contributed by atoms with Gasteiger partial charge >= 0.3 is 0 Å². The molecule has 0 saturated carbocycles. The molecule has 0 aromatic carbocycles. The Bertz CT molecular complexity index is 208. The number of nitrogens with two attached hydrogens (primary N) is 1. The van der Waals surface area contributed by atoms with Crippen LogP contribution in [0.2, 0.25) is 0 Å². The van der Waals surface area contributed by atoms with E-state index in [0.717, 1.165) is 18.5 Å². The summed E-state index contributed by atoms with van der Waals surface area (Å²) < 4.78 is 0. The van der Waals surface area contributed by atoms with Gasteiger partial charge in [-0.15, -0.1) is 0 Å². The highest BCUT2D eigenvalue weighted by molar-refractivity contribution is 4.98. The molecule has 0 bridgehead atoms. The van der Waals surface area contributed by atoms with Gasteiger partial charge in [0.25, 0.3) is 0 Å². The van der Waals surface area contributed by atoms with Gasteiger partial charge in [-0.2, -0.15) is 15.4 Å². The third kappa shape index (κ3) is 3.12. The van der Waals surface area contributed by atoms with Crippen molar-refractivity contribution in [1.82, 2.24) is 20.8 Å². The van der Waals surface area contributed by atoms with Crippen molar-refractivity contribution in [2.24, 2.45) is 5.84 Å². The number of hydrogen-bond acceptors (Lipinski definition) is 4. The molecule has 1 atom stereocenters. The summed E-state index contributed by atoms with van der Waals surface area (Å²) >= 11 is 0. The van der Waals surface area contributed by atoms with Crippen LogP contribution < -0.4 is 11.3 Å². The maximum atomic E-state index is 5.41. The first-order chi connectivity index (χ1) is 6.38. The normalized spacial score (nSPS) is 13.1. The largest absolute Gasteiger partial charge is 0.271 e. The number of aromatic nitrogens is 3. The van der Waals surface area contributed by atoms with Crippen molar-refractivity contribution in [3.63, 3.8) is 0 Å². The molecule has 1 rings (SSSR count). The first kappa shape index (κ1) is 10.1. The van der Waals surface area contributed by atoms with Crippen molar-refractivity contribution in [2.45, 2.75) is 38.6 Å². The molecule has 0 saturated heterocycles. The molecule has 0 aliphatic rings. The SMILES string of the molecule is CCCCCC(NN)c1cn[nH]n1. The molecule has 1 unspecified atom stereocenters. The molecule has 0 spiro atoms. The minimum Gasteiger partial charge on any atom is -0.271 e. The Balaban J connectivity index is 2.35. The summed E-state index contributed by atoms with van der Waals surface area (Å²) in [6.45, 7) is 2.18. The third-order valence-electron chi connectivity index (χ3n) is 2.09. The fourth-order valence-electron chi connectivity index (χ4n) is 1.29. The summed E-state index contributed by atoms with van der Waals surface area (Å²) in [6.07, 6.45) is 6.33. The second-order valence-corrected chi connectivity index (χ2v) is 3.11. The van der Waals surface area contributed by atoms with Crippen LogP contribution in [0.1, 0.15) is 44.3 Å². The van der Waals surface area contributed by atoms with Gasteiger partial charge in [0.2, 0.25) is 0 Å².